The van der Waals surface area contributed by atoms with Gasteiger partial charge in [-0.1, -0.05) is 265 Å². The van der Waals surface area contributed by atoms with Crippen LogP contribution < -0.4 is 0 Å². The van der Waals surface area contributed by atoms with Gasteiger partial charge in [-0.05, 0) is 25.2 Å². The molecule has 0 rings (SSSR count). The van der Waals surface area contributed by atoms with Gasteiger partial charge in [0.2, 0.25) is 0 Å². The number of esters is 3. The van der Waals surface area contributed by atoms with Crippen LogP contribution in [0.1, 0.15) is 304 Å². The van der Waals surface area contributed by atoms with Gasteiger partial charge >= 0.3 is 17.9 Å². The molecule has 60 heavy (non-hydrogen) atoms. The second-order valence-corrected chi connectivity index (χ2v) is 19.0. The van der Waals surface area contributed by atoms with Crippen LogP contribution in [0.3, 0.4) is 0 Å². The molecule has 0 aliphatic rings. The van der Waals surface area contributed by atoms with Crippen molar-refractivity contribution in [1.29, 1.82) is 0 Å². The van der Waals surface area contributed by atoms with E-state index in [2.05, 4.69) is 27.7 Å². The minimum Gasteiger partial charge on any atom is -0.462 e. The Bertz CT molecular complexity index is 903. The van der Waals surface area contributed by atoms with E-state index in [0.29, 0.717) is 19.3 Å². The molecule has 0 unspecified atom stereocenters. The molecule has 6 nitrogen and oxygen atoms in total. The third-order valence-corrected chi connectivity index (χ3v) is 12.3. The van der Waals surface area contributed by atoms with Crippen molar-refractivity contribution in [2.24, 2.45) is 5.92 Å². The number of hydrogen-bond acceptors (Lipinski definition) is 6. The van der Waals surface area contributed by atoms with E-state index in [1.165, 1.54) is 199 Å². The number of rotatable bonds is 49. The average molecular weight is 849 g/mol. The minimum atomic E-state index is -0.760. The number of carbonyl (C=O) groups is 3. The summed E-state index contributed by atoms with van der Waals surface area (Å²) < 4.78 is 16.8. The van der Waals surface area contributed by atoms with E-state index in [-0.39, 0.29) is 31.1 Å². The largest absolute Gasteiger partial charge is 0.462 e. The lowest BCUT2D eigenvalue weighted by Crippen LogP contribution is -2.30. The zero-order valence-electron chi connectivity index (χ0n) is 40.9. The van der Waals surface area contributed by atoms with Gasteiger partial charge in [0, 0.05) is 19.3 Å². The first-order chi connectivity index (χ1) is 29.4. The Kier molecular flexibility index (Phi) is 47.2. The van der Waals surface area contributed by atoms with Crippen molar-refractivity contribution < 1.29 is 28.6 Å². The molecule has 0 aromatic heterocycles. The molecule has 356 valence electrons. The normalized spacial score (nSPS) is 11.9. The van der Waals surface area contributed by atoms with Crippen molar-refractivity contribution >= 4 is 17.9 Å². The van der Waals surface area contributed by atoms with Gasteiger partial charge in [0.25, 0.3) is 0 Å². The highest BCUT2D eigenvalue weighted by Gasteiger charge is 2.19. The topological polar surface area (TPSA) is 78.9 Å². The van der Waals surface area contributed by atoms with Crippen LogP contribution in [0.25, 0.3) is 0 Å². The highest BCUT2D eigenvalue weighted by Crippen LogP contribution is 2.17. The van der Waals surface area contributed by atoms with E-state index in [4.69, 9.17) is 14.2 Å². The molecule has 0 heterocycles. The van der Waals surface area contributed by atoms with Crippen molar-refractivity contribution in [2.45, 2.75) is 310 Å². The molecular weight excluding hydrogens is 745 g/mol. The summed E-state index contributed by atoms with van der Waals surface area (Å²) in [6.07, 6.45) is 50.9. The second kappa shape index (κ2) is 48.4. The molecule has 6 heteroatoms. The first-order valence-corrected chi connectivity index (χ1v) is 26.9. The first-order valence-electron chi connectivity index (χ1n) is 26.9. The standard InChI is InChI=1S/C54H104O6/c1-5-7-9-11-13-15-16-17-18-19-20-23-26-30-34-38-42-46-53(56)59-49-51(48-58-52(55)45-41-37-33-28-14-12-10-8-6-2)60-54(57)47-43-39-35-31-27-24-21-22-25-29-32-36-40-44-50(3)4/h50-51H,5-49H2,1-4H3/t51-/m0/s1. The van der Waals surface area contributed by atoms with Gasteiger partial charge < -0.3 is 14.2 Å². The van der Waals surface area contributed by atoms with Gasteiger partial charge in [0.15, 0.2) is 6.10 Å². The molecule has 1 atom stereocenters. The zero-order valence-corrected chi connectivity index (χ0v) is 40.9. The van der Waals surface area contributed by atoms with E-state index in [1.54, 1.807) is 0 Å². The van der Waals surface area contributed by atoms with Crippen LogP contribution in [-0.4, -0.2) is 37.2 Å². The summed E-state index contributed by atoms with van der Waals surface area (Å²) in [7, 11) is 0. The summed E-state index contributed by atoms with van der Waals surface area (Å²) in [6, 6.07) is 0. The van der Waals surface area contributed by atoms with Crippen molar-refractivity contribution in [3.63, 3.8) is 0 Å². The Hall–Kier alpha value is -1.59. The SMILES string of the molecule is CCCCCCCCCCCCCCCCCCCC(=O)OC[C@H](COC(=O)CCCCCCCCCCC)OC(=O)CCCCCCCCCCCCCCCC(C)C. The van der Waals surface area contributed by atoms with E-state index in [1.807, 2.05) is 0 Å². The summed E-state index contributed by atoms with van der Waals surface area (Å²) in [6.45, 7) is 9.03. The van der Waals surface area contributed by atoms with Crippen LogP contribution in [0.2, 0.25) is 0 Å². The average Bonchev–Trinajstić information content (AvgIpc) is 3.23. The van der Waals surface area contributed by atoms with E-state index >= 15 is 0 Å². The Morgan fingerprint density at radius 2 is 0.550 bits per heavy atom. The summed E-state index contributed by atoms with van der Waals surface area (Å²) in [4.78, 5) is 37.9. The molecule has 0 saturated carbocycles. The van der Waals surface area contributed by atoms with Gasteiger partial charge in [-0.2, -0.15) is 0 Å². The fourth-order valence-corrected chi connectivity index (χ4v) is 8.22. The number of unbranched alkanes of at least 4 members (excludes halogenated alkanes) is 36. The molecule has 0 fully saturated rings. The molecule has 0 aliphatic carbocycles. The fraction of sp³-hybridized carbons (Fsp3) is 0.944. The van der Waals surface area contributed by atoms with E-state index in [9.17, 15) is 14.4 Å². The highest BCUT2D eigenvalue weighted by atomic mass is 16.6. The van der Waals surface area contributed by atoms with Crippen LogP contribution in [0.15, 0.2) is 0 Å². The number of hydrogen-bond donors (Lipinski definition) is 0. The van der Waals surface area contributed by atoms with Crippen LogP contribution in [0.5, 0.6) is 0 Å². The van der Waals surface area contributed by atoms with Gasteiger partial charge in [-0.15, -0.1) is 0 Å². The second-order valence-electron chi connectivity index (χ2n) is 19.0. The quantitative estimate of drug-likeness (QED) is 0.0345. The molecule has 0 radical (unpaired) electrons. The molecule has 0 N–H and O–H groups in total. The molecule has 0 aromatic rings. The van der Waals surface area contributed by atoms with Gasteiger partial charge in [0.05, 0.1) is 0 Å². The third kappa shape index (κ3) is 47.5. The number of ether oxygens (including phenoxy) is 3. The van der Waals surface area contributed by atoms with Crippen molar-refractivity contribution in [3.8, 4) is 0 Å². The van der Waals surface area contributed by atoms with Crippen LogP contribution in [0, 0.1) is 5.92 Å². The lowest BCUT2D eigenvalue weighted by Gasteiger charge is -2.18. The van der Waals surface area contributed by atoms with Crippen LogP contribution in [0.4, 0.5) is 0 Å². The summed E-state index contributed by atoms with van der Waals surface area (Å²) >= 11 is 0. The van der Waals surface area contributed by atoms with Gasteiger partial charge in [-0.3, -0.25) is 14.4 Å². The molecule has 0 saturated heterocycles. The number of carbonyl (C=O) groups excluding carboxylic acids is 3. The fourth-order valence-electron chi connectivity index (χ4n) is 8.22. The summed E-state index contributed by atoms with van der Waals surface area (Å²) in [5, 5.41) is 0. The van der Waals surface area contributed by atoms with Crippen molar-refractivity contribution in [2.75, 3.05) is 13.2 Å². The Balaban J connectivity index is 4.24. The van der Waals surface area contributed by atoms with Crippen LogP contribution in [-0.2, 0) is 28.6 Å². The molecule has 0 spiro atoms. The lowest BCUT2D eigenvalue weighted by molar-refractivity contribution is -0.167. The highest BCUT2D eigenvalue weighted by molar-refractivity contribution is 5.71. The lowest BCUT2D eigenvalue weighted by atomic mass is 10.0. The van der Waals surface area contributed by atoms with Gasteiger partial charge in [0.1, 0.15) is 13.2 Å². The Morgan fingerprint density at radius 1 is 0.317 bits per heavy atom. The molecule has 0 bridgehead atoms. The van der Waals surface area contributed by atoms with E-state index < -0.39 is 6.10 Å². The molecule has 0 amide bonds. The van der Waals surface area contributed by atoms with E-state index in [0.717, 1.165) is 63.7 Å². The summed E-state index contributed by atoms with van der Waals surface area (Å²) in [5.74, 6) is -0.00586. The van der Waals surface area contributed by atoms with Crippen LogP contribution >= 0.6 is 0 Å². The summed E-state index contributed by atoms with van der Waals surface area (Å²) in [5.41, 5.74) is 0. The predicted octanol–water partition coefficient (Wildman–Crippen LogP) is 17.5. The predicted molar refractivity (Wildman–Crippen MR) is 257 cm³/mol. The van der Waals surface area contributed by atoms with Crippen molar-refractivity contribution in [3.05, 3.63) is 0 Å². The molecule has 0 aliphatic heterocycles. The monoisotopic (exact) mass is 849 g/mol. The van der Waals surface area contributed by atoms with Gasteiger partial charge in [-0.25, -0.2) is 0 Å². The maximum absolute atomic E-state index is 12.8. The molecule has 0 aromatic carbocycles. The Morgan fingerprint density at radius 3 is 0.817 bits per heavy atom. The zero-order chi connectivity index (χ0) is 43.8. The Labute approximate surface area is 374 Å². The smallest absolute Gasteiger partial charge is 0.306 e. The maximum atomic E-state index is 12.8. The first kappa shape index (κ1) is 58.4. The minimum absolute atomic E-state index is 0.0625. The maximum Gasteiger partial charge on any atom is 0.306 e. The molecular formula is C54H104O6. The third-order valence-electron chi connectivity index (χ3n) is 12.3. The van der Waals surface area contributed by atoms with Crippen molar-refractivity contribution in [1.82, 2.24) is 0 Å².